The van der Waals surface area contributed by atoms with Gasteiger partial charge in [0.25, 0.3) is 6.54 Å². The van der Waals surface area contributed by atoms with Crippen LogP contribution >= 0.6 is 11.8 Å². The van der Waals surface area contributed by atoms with Crippen molar-refractivity contribution in [2.45, 2.75) is 44.9 Å². The molecule has 1 heterocycles. The number of aliphatic imine (C=N–C) groups is 1. The molecule has 0 spiro atoms. The Bertz CT molecular complexity index is 602. The van der Waals surface area contributed by atoms with E-state index < -0.39 is 4.92 Å². The third-order valence-corrected chi connectivity index (χ3v) is 4.43. The van der Waals surface area contributed by atoms with Crippen LogP contribution in [0.25, 0.3) is 0 Å². The zero-order valence-corrected chi connectivity index (χ0v) is 17.3. The Labute approximate surface area is 165 Å². The van der Waals surface area contributed by atoms with Crippen LogP contribution in [0.3, 0.4) is 0 Å². The van der Waals surface area contributed by atoms with Crippen molar-refractivity contribution < 1.29 is 9.34 Å². The quantitative estimate of drug-likeness (QED) is 0.170. The van der Waals surface area contributed by atoms with Gasteiger partial charge < -0.3 is 9.32 Å². The van der Waals surface area contributed by atoms with E-state index in [1.807, 2.05) is 26.2 Å². The molecular weight excluding hydrogens is 366 g/mol. The SMILES string of the molecule is CCCCCC=NNC(C[N+](=O)[O-])=NCCSCc1ccc(CN(C)C)o1. The van der Waals surface area contributed by atoms with Crippen LogP contribution in [0.4, 0.5) is 0 Å². The maximum absolute atomic E-state index is 10.7. The van der Waals surface area contributed by atoms with E-state index in [0.717, 1.165) is 55.3 Å². The lowest BCUT2D eigenvalue weighted by molar-refractivity contribution is -0.463. The molecule has 0 aliphatic rings. The van der Waals surface area contributed by atoms with Crippen LogP contribution in [-0.4, -0.2) is 54.8 Å². The molecule has 0 saturated heterocycles. The van der Waals surface area contributed by atoms with Crippen LogP contribution < -0.4 is 5.43 Å². The van der Waals surface area contributed by atoms with E-state index >= 15 is 0 Å². The summed E-state index contributed by atoms with van der Waals surface area (Å²) in [5.41, 5.74) is 2.70. The van der Waals surface area contributed by atoms with Gasteiger partial charge in [0.05, 0.1) is 18.8 Å². The maximum atomic E-state index is 10.7. The average Bonchev–Trinajstić information content (AvgIpc) is 3.03. The number of hydrazone groups is 1. The summed E-state index contributed by atoms with van der Waals surface area (Å²) in [6.45, 7) is 3.08. The fourth-order valence-electron chi connectivity index (χ4n) is 2.23. The van der Waals surface area contributed by atoms with Gasteiger partial charge in [-0.2, -0.15) is 16.9 Å². The minimum atomic E-state index is -0.402. The van der Waals surface area contributed by atoms with Crippen molar-refractivity contribution in [3.8, 4) is 0 Å². The van der Waals surface area contributed by atoms with Crippen molar-refractivity contribution in [3.05, 3.63) is 33.8 Å². The number of nitro groups is 1. The zero-order valence-electron chi connectivity index (χ0n) is 16.5. The van der Waals surface area contributed by atoms with Crippen molar-refractivity contribution in [1.29, 1.82) is 0 Å². The Hall–Kier alpha value is -1.87. The first-order valence-corrected chi connectivity index (χ1v) is 10.4. The molecule has 0 radical (unpaired) electrons. The molecule has 0 atom stereocenters. The van der Waals surface area contributed by atoms with Gasteiger partial charge in [-0.1, -0.05) is 19.8 Å². The molecule has 0 aliphatic carbocycles. The normalized spacial score (nSPS) is 12.2. The zero-order chi connectivity index (χ0) is 19.9. The largest absolute Gasteiger partial charge is 0.464 e. The van der Waals surface area contributed by atoms with Gasteiger partial charge in [0.2, 0.25) is 0 Å². The maximum Gasteiger partial charge on any atom is 0.261 e. The Morgan fingerprint density at radius 3 is 2.85 bits per heavy atom. The molecule has 0 bridgehead atoms. The summed E-state index contributed by atoms with van der Waals surface area (Å²) in [7, 11) is 4.00. The lowest BCUT2D eigenvalue weighted by Crippen LogP contribution is -2.27. The summed E-state index contributed by atoms with van der Waals surface area (Å²) in [6, 6.07) is 3.98. The summed E-state index contributed by atoms with van der Waals surface area (Å²) in [5.74, 6) is 3.69. The summed E-state index contributed by atoms with van der Waals surface area (Å²) in [6.07, 6.45) is 6.00. The molecule has 152 valence electrons. The van der Waals surface area contributed by atoms with Gasteiger partial charge in [-0.05, 0) is 39.1 Å². The van der Waals surface area contributed by atoms with Gasteiger partial charge in [0, 0.05) is 16.9 Å². The predicted octanol–water partition coefficient (Wildman–Crippen LogP) is 3.41. The second-order valence-electron chi connectivity index (χ2n) is 6.40. The number of hydrogen-bond donors (Lipinski definition) is 1. The molecule has 0 amide bonds. The van der Waals surface area contributed by atoms with Gasteiger partial charge in [0.1, 0.15) is 11.5 Å². The molecule has 0 unspecified atom stereocenters. The fourth-order valence-corrected chi connectivity index (χ4v) is 2.95. The number of rotatable bonds is 14. The first-order chi connectivity index (χ1) is 13.0. The molecule has 1 N–H and O–H groups in total. The van der Waals surface area contributed by atoms with Gasteiger partial charge in [-0.3, -0.25) is 20.5 Å². The molecule has 1 rings (SSSR count). The monoisotopic (exact) mass is 397 g/mol. The highest BCUT2D eigenvalue weighted by Crippen LogP contribution is 2.16. The lowest BCUT2D eigenvalue weighted by atomic mass is 10.2. The Morgan fingerprint density at radius 2 is 2.15 bits per heavy atom. The number of unbranched alkanes of at least 4 members (excludes halogenated alkanes) is 3. The van der Waals surface area contributed by atoms with Crippen LogP contribution in [0.2, 0.25) is 0 Å². The molecule has 0 aliphatic heterocycles. The van der Waals surface area contributed by atoms with Crippen molar-refractivity contribution in [3.63, 3.8) is 0 Å². The van der Waals surface area contributed by atoms with E-state index in [4.69, 9.17) is 4.42 Å². The van der Waals surface area contributed by atoms with Crippen molar-refractivity contribution in [2.75, 3.05) is 32.9 Å². The number of hydrogen-bond acceptors (Lipinski definition) is 7. The van der Waals surface area contributed by atoms with E-state index in [9.17, 15) is 10.1 Å². The van der Waals surface area contributed by atoms with Crippen LogP contribution in [0.15, 0.2) is 26.6 Å². The molecular formula is C18H31N5O3S. The third-order valence-electron chi connectivity index (χ3n) is 3.47. The summed E-state index contributed by atoms with van der Waals surface area (Å²) < 4.78 is 5.75. The standard InChI is InChI=1S/C18H31N5O3S/c1-4-5-6-7-10-20-21-18(14-23(24)25)19-11-12-27-15-17-9-8-16(26-17)13-22(2)3/h8-10H,4-7,11-15H2,1-3H3,(H,19,21). The van der Waals surface area contributed by atoms with Crippen LogP contribution in [0.5, 0.6) is 0 Å². The van der Waals surface area contributed by atoms with Crippen molar-refractivity contribution >= 4 is 23.8 Å². The number of furan rings is 1. The Kier molecular flexibility index (Phi) is 12.2. The van der Waals surface area contributed by atoms with Crippen LogP contribution in [0, 0.1) is 10.1 Å². The van der Waals surface area contributed by atoms with Gasteiger partial charge in [0.15, 0.2) is 5.84 Å². The third kappa shape index (κ3) is 12.2. The molecule has 9 heteroatoms. The van der Waals surface area contributed by atoms with E-state index in [0.29, 0.717) is 12.4 Å². The molecule has 27 heavy (non-hydrogen) atoms. The number of nitrogens with zero attached hydrogens (tertiary/aromatic N) is 4. The molecule has 0 fully saturated rings. The van der Waals surface area contributed by atoms with Gasteiger partial charge >= 0.3 is 0 Å². The van der Waals surface area contributed by atoms with Crippen LogP contribution in [0.1, 0.15) is 44.1 Å². The highest BCUT2D eigenvalue weighted by atomic mass is 32.2. The van der Waals surface area contributed by atoms with Gasteiger partial charge in [-0.25, -0.2) is 0 Å². The molecule has 1 aromatic rings. The van der Waals surface area contributed by atoms with Gasteiger partial charge in [-0.15, -0.1) is 0 Å². The number of thioether (sulfide) groups is 1. The highest BCUT2D eigenvalue weighted by Gasteiger charge is 2.06. The topological polar surface area (TPSA) is 96.3 Å². The first kappa shape index (κ1) is 23.2. The van der Waals surface area contributed by atoms with Crippen molar-refractivity contribution in [1.82, 2.24) is 10.3 Å². The van der Waals surface area contributed by atoms with Crippen LogP contribution in [-0.2, 0) is 12.3 Å². The second kappa shape index (κ2) is 14.2. The predicted molar refractivity (Wildman–Crippen MR) is 112 cm³/mol. The minimum absolute atomic E-state index is 0.290. The highest BCUT2D eigenvalue weighted by molar-refractivity contribution is 7.98. The number of nitrogens with one attached hydrogen (secondary N) is 1. The Morgan fingerprint density at radius 1 is 1.37 bits per heavy atom. The summed E-state index contributed by atoms with van der Waals surface area (Å²) >= 11 is 1.69. The van der Waals surface area contributed by atoms with E-state index in [-0.39, 0.29) is 6.54 Å². The minimum Gasteiger partial charge on any atom is -0.464 e. The van der Waals surface area contributed by atoms with Crippen molar-refractivity contribution in [2.24, 2.45) is 10.1 Å². The lowest BCUT2D eigenvalue weighted by Gasteiger charge is -2.05. The van der Waals surface area contributed by atoms with E-state index in [1.54, 1.807) is 18.0 Å². The Balaban J connectivity index is 2.32. The second-order valence-corrected chi connectivity index (χ2v) is 7.50. The smallest absolute Gasteiger partial charge is 0.261 e. The number of amidine groups is 1. The average molecular weight is 398 g/mol. The van der Waals surface area contributed by atoms with E-state index in [2.05, 4.69) is 27.3 Å². The summed E-state index contributed by atoms with van der Waals surface area (Å²) in [4.78, 5) is 16.7. The molecule has 8 nitrogen and oxygen atoms in total. The fraction of sp³-hybridized carbons (Fsp3) is 0.667. The molecule has 0 saturated carbocycles. The molecule has 0 aromatic carbocycles. The molecule has 1 aromatic heterocycles. The summed E-state index contributed by atoms with van der Waals surface area (Å²) in [5, 5.41) is 14.8. The van der Waals surface area contributed by atoms with E-state index in [1.165, 1.54) is 0 Å². The first-order valence-electron chi connectivity index (χ1n) is 9.24.